The zero-order chi connectivity index (χ0) is 14.8. The number of halogens is 3. The highest BCUT2D eigenvalue weighted by Crippen LogP contribution is 2.21. The molecule has 0 atom stereocenters. The van der Waals surface area contributed by atoms with Crippen LogP contribution in [-0.2, 0) is 18.8 Å². The largest absolute Gasteiger partial charge is 0.327 e. The molecule has 0 unspecified atom stereocenters. The Labute approximate surface area is 147 Å². The quantitative estimate of drug-likeness (QED) is 0.407. The standard InChI is InChI=1S/C16H13Cl2IN2/c17-10-16-20-14-9-13(19)5-6-15(14)21(16)8-7-11-1-3-12(18)4-2-11/h1-6,9H,7-8,10H2. The third kappa shape index (κ3) is 3.35. The van der Waals surface area contributed by atoms with Gasteiger partial charge in [0.05, 0.1) is 16.9 Å². The predicted molar refractivity (Wildman–Crippen MR) is 97.2 cm³/mol. The molecule has 0 radical (unpaired) electrons. The predicted octanol–water partition coefficient (Wildman–Crippen LogP) is 5.28. The first-order chi connectivity index (χ1) is 10.2. The molecule has 0 aliphatic heterocycles. The third-order valence-electron chi connectivity index (χ3n) is 3.45. The second-order valence-corrected chi connectivity index (χ2v) is 6.77. The zero-order valence-electron chi connectivity index (χ0n) is 11.2. The number of aromatic nitrogens is 2. The molecule has 2 nitrogen and oxygen atoms in total. The maximum atomic E-state index is 6.04. The lowest BCUT2D eigenvalue weighted by atomic mass is 10.1. The molecule has 0 fully saturated rings. The fourth-order valence-electron chi connectivity index (χ4n) is 2.40. The lowest BCUT2D eigenvalue weighted by Crippen LogP contribution is -2.05. The van der Waals surface area contributed by atoms with Gasteiger partial charge in [-0.1, -0.05) is 23.7 Å². The molecule has 2 aromatic carbocycles. The molecular weight excluding hydrogens is 418 g/mol. The Bertz CT molecular complexity index is 766. The molecule has 0 bridgehead atoms. The molecule has 3 rings (SSSR count). The van der Waals surface area contributed by atoms with Crippen molar-refractivity contribution in [2.24, 2.45) is 0 Å². The average Bonchev–Trinajstić information content (AvgIpc) is 2.83. The summed E-state index contributed by atoms with van der Waals surface area (Å²) < 4.78 is 3.39. The van der Waals surface area contributed by atoms with E-state index in [2.05, 4.69) is 62.5 Å². The molecule has 0 amide bonds. The van der Waals surface area contributed by atoms with Crippen molar-refractivity contribution in [1.82, 2.24) is 9.55 Å². The van der Waals surface area contributed by atoms with E-state index in [0.717, 1.165) is 34.8 Å². The van der Waals surface area contributed by atoms with Crippen molar-refractivity contribution in [2.45, 2.75) is 18.8 Å². The molecule has 21 heavy (non-hydrogen) atoms. The van der Waals surface area contributed by atoms with Gasteiger partial charge in [-0.3, -0.25) is 0 Å². The molecule has 0 aliphatic carbocycles. The maximum absolute atomic E-state index is 6.04. The van der Waals surface area contributed by atoms with Crippen LogP contribution in [0.4, 0.5) is 0 Å². The highest BCUT2D eigenvalue weighted by atomic mass is 127. The first kappa shape index (κ1) is 15.1. The van der Waals surface area contributed by atoms with Crippen molar-refractivity contribution in [3.05, 3.63) is 62.4 Å². The van der Waals surface area contributed by atoms with Crippen LogP contribution >= 0.6 is 45.8 Å². The molecule has 3 aromatic rings. The van der Waals surface area contributed by atoms with Crippen LogP contribution < -0.4 is 0 Å². The highest BCUT2D eigenvalue weighted by Gasteiger charge is 2.10. The van der Waals surface area contributed by atoms with Crippen LogP contribution in [0.25, 0.3) is 11.0 Å². The smallest absolute Gasteiger partial charge is 0.124 e. The van der Waals surface area contributed by atoms with Crippen LogP contribution in [0.3, 0.4) is 0 Å². The van der Waals surface area contributed by atoms with E-state index in [9.17, 15) is 0 Å². The van der Waals surface area contributed by atoms with E-state index in [1.807, 2.05) is 12.1 Å². The van der Waals surface area contributed by atoms with E-state index in [0.29, 0.717) is 5.88 Å². The topological polar surface area (TPSA) is 17.8 Å². The van der Waals surface area contributed by atoms with Crippen LogP contribution in [-0.4, -0.2) is 9.55 Å². The summed E-state index contributed by atoms with van der Waals surface area (Å²) in [4.78, 5) is 4.62. The summed E-state index contributed by atoms with van der Waals surface area (Å²) in [5, 5.41) is 0.767. The number of hydrogen-bond acceptors (Lipinski definition) is 1. The molecule has 108 valence electrons. The maximum Gasteiger partial charge on any atom is 0.124 e. The lowest BCUT2D eigenvalue weighted by Gasteiger charge is -2.08. The summed E-state index contributed by atoms with van der Waals surface area (Å²) in [6.45, 7) is 0.862. The van der Waals surface area contributed by atoms with Crippen molar-refractivity contribution in [1.29, 1.82) is 0 Å². The van der Waals surface area contributed by atoms with Crippen molar-refractivity contribution in [3.63, 3.8) is 0 Å². The summed E-state index contributed by atoms with van der Waals surface area (Å²) in [6.07, 6.45) is 0.929. The van der Waals surface area contributed by atoms with Crippen molar-refractivity contribution in [3.8, 4) is 0 Å². The van der Waals surface area contributed by atoms with Crippen LogP contribution in [0.15, 0.2) is 42.5 Å². The summed E-state index contributed by atoms with van der Waals surface area (Å²) >= 11 is 14.3. The van der Waals surface area contributed by atoms with E-state index < -0.39 is 0 Å². The third-order valence-corrected chi connectivity index (χ3v) is 4.61. The number of aryl methyl sites for hydroxylation is 2. The number of imidazole rings is 1. The number of alkyl halides is 1. The Balaban J connectivity index is 1.90. The summed E-state index contributed by atoms with van der Waals surface area (Å²) in [5.74, 6) is 1.34. The summed E-state index contributed by atoms with van der Waals surface area (Å²) in [6, 6.07) is 14.3. The van der Waals surface area contributed by atoms with Gasteiger partial charge in [0.1, 0.15) is 5.82 Å². The zero-order valence-corrected chi connectivity index (χ0v) is 14.9. The van der Waals surface area contributed by atoms with Gasteiger partial charge in [0.2, 0.25) is 0 Å². The van der Waals surface area contributed by atoms with E-state index in [1.54, 1.807) is 0 Å². The lowest BCUT2D eigenvalue weighted by molar-refractivity contribution is 0.688. The number of hydrogen-bond donors (Lipinski definition) is 0. The van der Waals surface area contributed by atoms with Gasteiger partial charge < -0.3 is 4.57 Å². The molecule has 1 aromatic heterocycles. The van der Waals surface area contributed by atoms with Gasteiger partial charge in [-0.05, 0) is 64.9 Å². The Kier molecular flexibility index (Phi) is 4.72. The van der Waals surface area contributed by atoms with Gasteiger partial charge in [0, 0.05) is 15.1 Å². The summed E-state index contributed by atoms with van der Waals surface area (Å²) in [5.41, 5.74) is 3.40. The first-order valence-electron chi connectivity index (χ1n) is 6.62. The van der Waals surface area contributed by atoms with E-state index in [1.165, 1.54) is 9.13 Å². The van der Waals surface area contributed by atoms with Crippen LogP contribution in [0, 0.1) is 3.57 Å². The average molecular weight is 431 g/mol. The normalized spacial score (nSPS) is 11.2. The Morgan fingerprint density at radius 2 is 1.86 bits per heavy atom. The van der Waals surface area contributed by atoms with Crippen LogP contribution in [0.1, 0.15) is 11.4 Å². The molecular formula is C16H13Cl2IN2. The molecule has 0 N–H and O–H groups in total. The number of fused-ring (bicyclic) bond motifs is 1. The monoisotopic (exact) mass is 430 g/mol. The molecule has 1 heterocycles. The Morgan fingerprint density at radius 3 is 2.57 bits per heavy atom. The van der Waals surface area contributed by atoms with Gasteiger partial charge in [-0.25, -0.2) is 4.98 Å². The van der Waals surface area contributed by atoms with E-state index >= 15 is 0 Å². The number of rotatable bonds is 4. The van der Waals surface area contributed by atoms with Gasteiger partial charge >= 0.3 is 0 Å². The summed E-state index contributed by atoms with van der Waals surface area (Å²) in [7, 11) is 0. The number of nitrogens with zero attached hydrogens (tertiary/aromatic N) is 2. The molecule has 0 aliphatic rings. The molecule has 0 saturated carbocycles. The minimum absolute atomic E-state index is 0.422. The SMILES string of the molecule is ClCc1nc2cc(I)ccc2n1CCc1ccc(Cl)cc1. The second-order valence-electron chi connectivity index (χ2n) is 4.82. The molecule has 0 saturated heterocycles. The van der Waals surface area contributed by atoms with Crippen LogP contribution in [0.2, 0.25) is 5.02 Å². The van der Waals surface area contributed by atoms with Crippen molar-refractivity contribution >= 4 is 56.8 Å². The first-order valence-corrected chi connectivity index (χ1v) is 8.61. The fraction of sp³-hybridized carbons (Fsp3) is 0.188. The van der Waals surface area contributed by atoms with Gasteiger partial charge in [0.15, 0.2) is 0 Å². The van der Waals surface area contributed by atoms with Gasteiger partial charge in [-0.2, -0.15) is 0 Å². The number of benzene rings is 2. The van der Waals surface area contributed by atoms with Crippen molar-refractivity contribution in [2.75, 3.05) is 0 Å². The van der Waals surface area contributed by atoms with Gasteiger partial charge in [0.25, 0.3) is 0 Å². The minimum atomic E-state index is 0.422. The van der Waals surface area contributed by atoms with Gasteiger partial charge in [-0.15, -0.1) is 11.6 Å². The van der Waals surface area contributed by atoms with E-state index in [4.69, 9.17) is 23.2 Å². The molecule has 5 heteroatoms. The Morgan fingerprint density at radius 1 is 1.10 bits per heavy atom. The molecule has 0 spiro atoms. The highest BCUT2D eigenvalue weighted by molar-refractivity contribution is 14.1. The van der Waals surface area contributed by atoms with E-state index in [-0.39, 0.29) is 0 Å². The minimum Gasteiger partial charge on any atom is -0.327 e. The second kappa shape index (κ2) is 6.55. The Hall–Kier alpha value is -0.780. The van der Waals surface area contributed by atoms with Crippen molar-refractivity contribution < 1.29 is 0 Å². The van der Waals surface area contributed by atoms with Crippen LogP contribution in [0.5, 0.6) is 0 Å². The fourth-order valence-corrected chi connectivity index (χ4v) is 3.20.